The number of methoxy groups -OCH3 is 1. The lowest BCUT2D eigenvalue weighted by Crippen LogP contribution is -2.54. The molecule has 1 aliphatic rings. The number of carbonyl (C=O) groups excluding carboxylic acids is 2. The number of aryl methyl sites for hydroxylation is 2. The Bertz CT molecular complexity index is 1480. The summed E-state index contributed by atoms with van der Waals surface area (Å²) in [6.07, 6.45) is 5.53. The molecular weight excluding hydrogens is 562 g/mol. The number of hydrogen-bond acceptors (Lipinski definition) is 5. The molecular formula is C34H43N3O5S. The molecule has 1 saturated carbocycles. The van der Waals surface area contributed by atoms with E-state index in [1.54, 1.807) is 43.5 Å². The predicted octanol–water partition coefficient (Wildman–Crippen LogP) is 5.76. The van der Waals surface area contributed by atoms with Crippen LogP contribution < -0.4 is 14.4 Å². The smallest absolute Gasteiger partial charge is 0.264 e. The lowest BCUT2D eigenvalue weighted by molar-refractivity contribution is -0.140. The van der Waals surface area contributed by atoms with Crippen LogP contribution >= 0.6 is 0 Å². The van der Waals surface area contributed by atoms with Crippen molar-refractivity contribution in [2.24, 2.45) is 0 Å². The monoisotopic (exact) mass is 605 g/mol. The zero-order valence-corrected chi connectivity index (χ0v) is 26.4. The fourth-order valence-electron chi connectivity index (χ4n) is 5.59. The Morgan fingerprint density at radius 1 is 0.930 bits per heavy atom. The van der Waals surface area contributed by atoms with Gasteiger partial charge in [0.15, 0.2) is 0 Å². The third-order valence-corrected chi connectivity index (χ3v) is 9.90. The van der Waals surface area contributed by atoms with Gasteiger partial charge in [0.05, 0.1) is 17.7 Å². The van der Waals surface area contributed by atoms with E-state index in [4.69, 9.17) is 4.74 Å². The first-order valence-electron chi connectivity index (χ1n) is 15.0. The summed E-state index contributed by atoms with van der Waals surface area (Å²) >= 11 is 0. The van der Waals surface area contributed by atoms with Crippen molar-refractivity contribution in [3.63, 3.8) is 0 Å². The summed E-state index contributed by atoms with van der Waals surface area (Å²) in [7, 11) is -2.52. The van der Waals surface area contributed by atoms with Gasteiger partial charge in [-0.05, 0) is 74.6 Å². The number of nitrogens with one attached hydrogen (secondary N) is 1. The first kappa shape index (κ1) is 32.1. The highest BCUT2D eigenvalue weighted by Gasteiger charge is 2.34. The Morgan fingerprint density at radius 3 is 2.19 bits per heavy atom. The summed E-state index contributed by atoms with van der Waals surface area (Å²) in [5, 5.41) is 3.18. The standard InChI is InChI=1S/C34H43N3O5S/c1-5-31(34(39)35-28-12-7-6-8-13-28)36(23-27-17-19-29(42-4)20-18-27)33(38)24-37(32-14-10-9-11-26(32)3)43(40,41)30-21-15-25(2)16-22-30/h9-11,14-22,28,31H,5-8,12-13,23-24H2,1-4H3,(H,35,39)/t31-/m1/s1. The minimum atomic E-state index is -4.11. The van der Waals surface area contributed by atoms with E-state index in [0.29, 0.717) is 17.9 Å². The summed E-state index contributed by atoms with van der Waals surface area (Å²) < 4.78 is 34.6. The maximum atomic E-state index is 14.3. The summed E-state index contributed by atoms with van der Waals surface area (Å²) in [4.78, 5) is 29.6. The molecule has 4 rings (SSSR count). The molecule has 43 heavy (non-hydrogen) atoms. The van der Waals surface area contributed by atoms with Crippen molar-refractivity contribution in [2.75, 3.05) is 18.0 Å². The van der Waals surface area contributed by atoms with Crippen LogP contribution in [0.2, 0.25) is 0 Å². The first-order chi connectivity index (χ1) is 20.6. The van der Waals surface area contributed by atoms with Gasteiger partial charge in [-0.3, -0.25) is 13.9 Å². The number of sulfonamides is 1. The summed E-state index contributed by atoms with van der Waals surface area (Å²) in [5.74, 6) is 0.0131. The van der Waals surface area contributed by atoms with E-state index in [1.807, 2.05) is 57.2 Å². The molecule has 0 bridgehead atoms. The molecule has 9 heteroatoms. The Morgan fingerprint density at radius 2 is 1.58 bits per heavy atom. The van der Waals surface area contributed by atoms with E-state index in [-0.39, 0.29) is 23.4 Å². The number of rotatable bonds is 12. The highest BCUT2D eigenvalue weighted by atomic mass is 32.2. The van der Waals surface area contributed by atoms with Gasteiger partial charge in [-0.1, -0.05) is 74.2 Å². The summed E-state index contributed by atoms with van der Waals surface area (Å²) in [5.41, 5.74) is 2.87. The van der Waals surface area contributed by atoms with Crippen LogP contribution in [-0.4, -0.2) is 50.9 Å². The van der Waals surface area contributed by atoms with E-state index < -0.39 is 28.5 Å². The van der Waals surface area contributed by atoms with Crippen LogP contribution in [-0.2, 0) is 26.2 Å². The van der Waals surface area contributed by atoms with Gasteiger partial charge in [0.2, 0.25) is 11.8 Å². The Hall–Kier alpha value is -3.85. The minimum absolute atomic E-state index is 0.0821. The zero-order chi connectivity index (χ0) is 31.0. The van der Waals surface area contributed by atoms with Gasteiger partial charge in [0.25, 0.3) is 10.0 Å². The molecule has 1 fully saturated rings. The Kier molecular flexibility index (Phi) is 10.9. The van der Waals surface area contributed by atoms with Crippen molar-refractivity contribution in [1.29, 1.82) is 0 Å². The van der Waals surface area contributed by atoms with Gasteiger partial charge in [0, 0.05) is 12.6 Å². The van der Waals surface area contributed by atoms with E-state index in [0.717, 1.165) is 48.8 Å². The molecule has 0 aromatic heterocycles. The van der Waals surface area contributed by atoms with Crippen molar-refractivity contribution in [3.05, 3.63) is 89.5 Å². The number of carbonyl (C=O) groups is 2. The van der Waals surface area contributed by atoms with Crippen LogP contribution in [0.4, 0.5) is 5.69 Å². The molecule has 0 spiro atoms. The third kappa shape index (κ3) is 7.96. The van der Waals surface area contributed by atoms with Gasteiger partial charge in [-0.2, -0.15) is 0 Å². The van der Waals surface area contributed by atoms with Crippen LogP contribution in [0.25, 0.3) is 0 Å². The van der Waals surface area contributed by atoms with Crippen molar-refractivity contribution in [3.8, 4) is 5.75 Å². The molecule has 3 aromatic carbocycles. The number of benzene rings is 3. The van der Waals surface area contributed by atoms with Crippen molar-refractivity contribution in [1.82, 2.24) is 10.2 Å². The number of anilines is 1. The zero-order valence-electron chi connectivity index (χ0n) is 25.6. The molecule has 0 aliphatic heterocycles. The fourth-order valence-corrected chi connectivity index (χ4v) is 7.06. The fraction of sp³-hybridized carbons (Fsp3) is 0.412. The average Bonchev–Trinajstić information content (AvgIpc) is 3.01. The van der Waals surface area contributed by atoms with Gasteiger partial charge < -0.3 is 15.0 Å². The number of para-hydroxylation sites is 1. The number of ether oxygens (including phenoxy) is 1. The average molecular weight is 606 g/mol. The number of amides is 2. The highest BCUT2D eigenvalue weighted by molar-refractivity contribution is 7.92. The molecule has 3 aromatic rings. The van der Waals surface area contributed by atoms with Gasteiger partial charge >= 0.3 is 0 Å². The predicted molar refractivity (Wildman–Crippen MR) is 170 cm³/mol. The van der Waals surface area contributed by atoms with Crippen LogP contribution in [0.15, 0.2) is 77.7 Å². The lowest BCUT2D eigenvalue weighted by Gasteiger charge is -2.34. The minimum Gasteiger partial charge on any atom is -0.497 e. The van der Waals surface area contributed by atoms with Crippen molar-refractivity contribution in [2.45, 2.75) is 82.8 Å². The largest absolute Gasteiger partial charge is 0.497 e. The van der Waals surface area contributed by atoms with Crippen LogP contribution in [0.5, 0.6) is 5.75 Å². The third-order valence-electron chi connectivity index (χ3n) is 8.12. The van der Waals surface area contributed by atoms with Gasteiger partial charge in [-0.25, -0.2) is 8.42 Å². The van der Waals surface area contributed by atoms with Crippen LogP contribution in [0.1, 0.15) is 62.1 Å². The topological polar surface area (TPSA) is 96.0 Å². The molecule has 1 N–H and O–H groups in total. The van der Waals surface area contributed by atoms with Crippen LogP contribution in [0.3, 0.4) is 0 Å². The maximum Gasteiger partial charge on any atom is 0.264 e. The van der Waals surface area contributed by atoms with Gasteiger partial charge in [-0.15, -0.1) is 0 Å². The van der Waals surface area contributed by atoms with Crippen molar-refractivity contribution >= 4 is 27.5 Å². The Balaban J connectivity index is 1.71. The maximum absolute atomic E-state index is 14.3. The molecule has 1 atom stereocenters. The highest BCUT2D eigenvalue weighted by Crippen LogP contribution is 2.28. The Labute approximate surface area is 256 Å². The van der Waals surface area contributed by atoms with Gasteiger partial charge in [0.1, 0.15) is 18.3 Å². The molecule has 230 valence electrons. The lowest BCUT2D eigenvalue weighted by atomic mass is 9.95. The number of hydrogen-bond donors (Lipinski definition) is 1. The molecule has 0 saturated heterocycles. The second kappa shape index (κ2) is 14.6. The molecule has 8 nitrogen and oxygen atoms in total. The molecule has 2 amide bonds. The summed E-state index contributed by atoms with van der Waals surface area (Å²) in [6, 6.07) is 20.3. The first-order valence-corrected chi connectivity index (χ1v) is 16.5. The molecule has 0 radical (unpaired) electrons. The normalized spacial score (nSPS) is 14.5. The quantitative estimate of drug-likeness (QED) is 0.283. The number of nitrogens with zero attached hydrogens (tertiary/aromatic N) is 2. The van der Waals surface area contributed by atoms with Crippen molar-refractivity contribution < 1.29 is 22.7 Å². The SMILES string of the molecule is CC[C@H](C(=O)NC1CCCCC1)N(Cc1ccc(OC)cc1)C(=O)CN(c1ccccc1C)S(=O)(=O)c1ccc(C)cc1. The molecule has 0 heterocycles. The van der Waals surface area contributed by atoms with E-state index in [9.17, 15) is 18.0 Å². The molecule has 0 unspecified atom stereocenters. The van der Waals surface area contributed by atoms with E-state index >= 15 is 0 Å². The second-order valence-corrected chi connectivity index (χ2v) is 13.1. The van der Waals surface area contributed by atoms with E-state index in [1.165, 1.54) is 9.21 Å². The molecule has 1 aliphatic carbocycles. The van der Waals surface area contributed by atoms with E-state index in [2.05, 4.69) is 5.32 Å². The second-order valence-electron chi connectivity index (χ2n) is 11.2. The van der Waals surface area contributed by atoms with Crippen LogP contribution in [0, 0.1) is 13.8 Å². The summed E-state index contributed by atoms with van der Waals surface area (Å²) in [6.45, 7) is 5.27.